The summed E-state index contributed by atoms with van der Waals surface area (Å²) in [5, 5.41) is 11.7. The predicted molar refractivity (Wildman–Crippen MR) is 146 cm³/mol. The third kappa shape index (κ3) is 4.92. The number of hydrogen-bond donors (Lipinski definition) is 3. The molecule has 0 unspecified atom stereocenters. The van der Waals surface area contributed by atoms with E-state index in [1.807, 2.05) is 32.0 Å². The smallest absolute Gasteiger partial charge is 0.142 e. The van der Waals surface area contributed by atoms with E-state index in [1.165, 1.54) is 6.33 Å². The number of pyridine rings is 1. The zero-order valence-corrected chi connectivity index (χ0v) is 19.6. The van der Waals surface area contributed by atoms with Crippen molar-refractivity contribution in [3.8, 4) is 11.8 Å². The fourth-order valence-corrected chi connectivity index (χ4v) is 4.03. The van der Waals surface area contributed by atoms with E-state index in [0.717, 1.165) is 39.5 Å². The molecule has 0 amide bonds. The van der Waals surface area contributed by atoms with Gasteiger partial charge in [0, 0.05) is 29.6 Å². The Kier molecular flexibility index (Phi) is 7.67. The second-order valence-electron chi connectivity index (χ2n) is 7.97. The van der Waals surface area contributed by atoms with E-state index in [-0.39, 0.29) is 19.0 Å². The first-order chi connectivity index (χ1) is 16.4. The van der Waals surface area contributed by atoms with Crippen LogP contribution in [-0.4, -0.2) is 27.2 Å². The predicted octanol–water partition coefficient (Wildman–Crippen LogP) is 5.43. The third-order valence-electron chi connectivity index (χ3n) is 5.62. The van der Waals surface area contributed by atoms with Crippen LogP contribution >= 0.6 is 0 Å². The van der Waals surface area contributed by atoms with Crippen LogP contribution in [0.25, 0.3) is 11.8 Å². The largest absolute Gasteiger partial charge is 0.383 e. The minimum Gasteiger partial charge on any atom is -0.383 e. The first kappa shape index (κ1) is 25.2. The molecule has 3 aromatic rings. The van der Waals surface area contributed by atoms with Crippen LogP contribution < -0.4 is 16.0 Å². The van der Waals surface area contributed by atoms with Gasteiger partial charge in [0.1, 0.15) is 29.5 Å². The van der Waals surface area contributed by atoms with Gasteiger partial charge in [-0.2, -0.15) is 0 Å². The molecular formula is C28H31N7. The topological polar surface area (TPSA) is 104 Å². The Morgan fingerprint density at radius 1 is 1.14 bits per heavy atom. The van der Waals surface area contributed by atoms with Crippen LogP contribution in [0.3, 0.4) is 0 Å². The number of aromatic nitrogens is 3. The number of rotatable bonds is 5. The fourth-order valence-electron chi connectivity index (χ4n) is 4.03. The average Bonchev–Trinajstić information content (AvgIpc) is 2.82. The van der Waals surface area contributed by atoms with Gasteiger partial charge < -0.3 is 11.1 Å². The monoisotopic (exact) mass is 465 g/mol. The Bertz CT molecular complexity index is 1380. The molecule has 7 heteroatoms. The maximum atomic E-state index is 8.37. The summed E-state index contributed by atoms with van der Waals surface area (Å²) in [7, 11) is 0. The second kappa shape index (κ2) is 10.7. The number of nitrogen functional groups attached to an aromatic ring is 1. The molecule has 35 heavy (non-hydrogen) atoms. The maximum Gasteiger partial charge on any atom is 0.142 e. The van der Waals surface area contributed by atoms with Gasteiger partial charge in [-0.15, -0.1) is 0 Å². The van der Waals surface area contributed by atoms with Gasteiger partial charge in [-0.25, -0.2) is 15.0 Å². The zero-order chi connectivity index (χ0) is 24.2. The molecule has 7 nitrogen and oxygen atoms in total. The minimum atomic E-state index is 0. The molecule has 0 saturated carbocycles. The lowest BCUT2D eigenvalue weighted by Gasteiger charge is -2.34. The average molecular weight is 466 g/mol. The first-order valence-electron chi connectivity index (χ1n) is 11.1. The van der Waals surface area contributed by atoms with Crippen LogP contribution in [0.1, 0.15) is 48.6 Å². The number of anilines is 3. The van der Waals surface area contributed by atoms with Gasteiger partial charge >= 0.3 is 0 Å². The van der Waals surface area contributed by atoms with Crippen molar-refractivity contribution >= 4 is 34.9 Å². The van der Waals surface area contributed by atoms with Crippen LogP contribution in [0.15, 0.2) is 55.1 Å². The van der Waals surface area contributed by atoms with Crippen molar-refractivity contribution in [2.24, 2.45) is 0 Å². The van der Waals surface area contributed by atoms with E-state index in [9.17, 15) is 0 Å². The van der Waals surface area contributed by atoms with Crippen LogP contribution in [0.2, 0.25) is 0 Å². The molecule has 1 aromatic carbocycles. The van der Waals surface area contributed by atoms with Crippen molar-refractivity contribution in [2.45, 2.75) is 34.6 Å². The van der Waals surface area contributed by atoms with Gasteiger partial charge in [0.2, 0.25) is 0 Å². The molecule has 4 rings (SSSR count). The molecule has 0 saturated heterocycles. The van der Waals surface area contributed by atoms with Crippen LogP contribution in [0.5, 0.6) is 0 Å². The number of aryl methyl sites for hydroxylation is 2. The summed E-state index contributed by atoms with van der Waals surface area (Å²) in [6.45, 7) is 10.9. The zero-order valence-electron chi connectivity index (χ0n) is 19.6. The number of fused-ring (bicyclic) bond motifs is 1. The summed E-state index contributed by atoms with van der Waals surface area (Å²) in [5.41, 5.74) is 12.8. The fraction of sp³-hybridized carbons (Fsp3) is 0.214. The molecule has 0 bridgehead atoms. The van der Waals surface area contributed by atoms with Crippen molar-refractivity contribution in [3.63, 3.8) is 0 Å². The van der Waals surface area contributed by atoms with Gasteiger partial charge in [0.15, 0.2) is 0 Å². The summed E-state index contributed by atoms with van der Waals surface area (Å²) in [6, 6.07) is 10.2. The third-order valence-corrected chi connectivity index (χ3v) is 5.62. The Morgan fingerprint density at radius 2 is 1.91 bits per heavy atom. The highest BCUT2D eigenvalue weighted by Crippen LogP contribution is 2.38. The highest BCUT2D eigenvalue weighted by molar-refractivity contribution is 6.16. The van der Waals surface area contributed by atoms with Crippen LogP contribution in [-0.2, 0) is 0 Å². The highest BCUT2D eigenvalue weighted by atomic mass is 15.2. The molecule has 0 spiro atoms. The summed E-state index contributed by atoms with van der Waals surface area (Å²) in [4.78, 5) is 15.1. The van der Waals surface area contributed by atoms with Gasteiger partial charge in [0.25, 0.3) is 0 Å². The van der Waals surface area contributed by atoms with Gasteiger partial charge in [-0.3, -0.25) is 10.3 Å². The number of benzene rings is 1. The highest BCUT2D eigenvalue weighted by Gasteiger charge is 2.27. The standard InChI is InChI=1S/C27H27N7.CH4/c1-5-6-12-22(28)24-25(29)32-16-33-26(24)31-15-21-14-20-11-7-9-17(2)23(20)19(4)34(21)27-18(3)10-8-13-30-27;/h7-11,13-14,16,28H,4-5,15H2,1-3H3,(H3,29,31,32,33);1H4. The Labute approximate surface area is 207 Å². The molecule has 0 atom stereocenters. The molecule has 178 valence electrons. The van der Waals surface area contributed by atoms with E-state index in [4.69, 9.17) is 11.1 Å². The lowest BCUT2D eigenvalue weighted by atomic mass is 9.94. The number of nitrogens with zero attached hydrogens (tertiary/aromatic N) is 4. The lowest BCUT2D eigenvalue weighted by molar-refractivity contribution is 1.03. The molecule has 2 aromatic heterocycles. The summed E-state index contributed by atoms with van der Waals surface area (Å²) in [6.07, 6.45) is 5.94. The molecule has 0 aliphatic carbocycles. The van der Waals surface area contributed by atoms with E-state index < -0.39 is 0 Å². The number of nitrogens with two attached hydrogens (primary N) is 1. The lowest BCUT2D eigenvalue weighted by Crippen LogP contribution is -2.30. The van der Waals surface area contributed by atoms with Crippen molar-refractivity contribution in [2.75, 3.05) is 22.5 Å². The van der Waals surface area contributed by atoms with Crippen molar-refractivity contribution in [3.05, 3.63) is 82.9 Å². The number of hydrogen-bond acceptors (Lipinski definition) is 7. The molecule has 0 radical (unpaired) electrons. The molecule has 3 heterocycles. The maximum absolute atomic E-state index is 8.37. The van der Waals surface area contributed by atoms with Crippen molar-refractivity contribution in [1.82, 2.24) is 15.0 Å². The summed E-state index contributed by atoms with van der Waals surface area (Å²) < 4.78 is 0. The first-order valence-corrected chi connectivity index (χ1v) is 11.1. The van der Waals surface area contributed by atoms with E-state index in [2.05, 4.69) is 68.7 Å². The summed E-state index contributed by atoms with van der Waals surface area (Å²) in [5.74, 6) is 7.23. The van der Waals surface area contributed by atoms with Gasteiger partial charge in [-0.05, 0) is 48.6 Å². The Balaban J connectivity index is 0.00000342. The van der Waals surface area contributed by atoms with Crippen molar-refractivity contribution < 1.29 is 0 Å². The van der Waals surface area contributed by atoms with Crippen molar-refractivity contribution in [1.29, 1.82) is 5.41 Å². The molecule has 0 fully saturated rings. The van der Waals surface area contributed by atoms with E-state index >= 15 is 0 Å². The SMILES string of the molecule is C.C=C1c2c(C)cccc2C=C(CNc2ncnc(N)c2C(=N)C#CCC)N1c1ncccc1C. The van der Waals surface area contributed by atoms with Gasteiger partial charge in [0.05, 0.1) is 12.1 Å². The minimum absolute atomic E-state index is 0. The molecule has 1 aliphatic heterocycles. The van der Waals surface area contributed by atoms with Crippen LogP contribution in [0.4, 0.5) is 17.5 Å². The Morgan fingerprint density at radius 3 is 2.66 bits per heavy atom. The molecule has 4 N–H and O–H groups in total. The normalized spacial score (nSPS) is 12.0. The molecule has 1 aliphatic rings. The summed E-state index contributed by atoms with van der Waals surface area (Å²) >= 11 is 0. The number of nitrogens with one attached hydrogen (secondary N) is 2. The van der Waals surface area contributed by atoms with E-state index in [1.54, 1.807) is 6.20 Å². The second-order valence-corrected chi connectivity index (χ2v) is 7.97. The molecular weight excluding hydrogens is 434 g/mol. The quantitative estimate of drug-likeness (QED) is 0.343. The van der Waals surface area contributed by atoms with Gasteiger partial charge in [-0.1, -0.05) is 51.1 Å². The van der Waals surface area contributed by atoms with Crippen LogP contribution in [0, 0.1) is 31.1 Å². The Hall–Kier alpha value is -4.44. The van der Waals surface area contributed by atoms with E-state index in [0.29, 0.717) is 24.3 Å².